The van der Waals surface area contributed by atoms with E-state index < -0.39 is 0 Å². The topological polar surface area (TPSA) is 44.5 Å². The smallest absolute Gasteiger partial charge is 0.151 e. The SMILES string of the molecule is CN1CCC(N(C)Cc2cc(CNC(C)(C)C)no2)CC1. The molecular formula is C16H30N4O. The fourth-order valence-electron chi connectivity index (χ4n) is 2.68. The zero-order valence-corrected chi connectivity index (χ0v) is 14.1. The van der Waals surface area contributed by atoms with E-state index in [4.69, 9.17) is 4.52 Å². The molecule has 1 saturated heterocycles. The summed E-state index contributed by atoms with van der Waals surface area (Å²) < 4.78 is 5.47. The van der Waals surface area contributed by atoms with Crippen molar-refractivity contribution in [2.45, 2.75) is 58.3 Å². The molecular weight excluding hydrogens is 264 g/mol. The summed E-state index contributed by atoms with van der Waals surface area (Å²) in [5.74, 6) is 0.960. The third kappa shape index (κ3) is 5.41. The van der Waals surface area contributed by atoms with Crippen LogP contribution in [-0.4, -0.2) is 53.7 Å². The lowest BCUT2D eigenvalue weighted by Gasteiger charge is -2.34. The summed E-state index contributed by atoms with van der Waals surface area (Å²) in [7, 11) is 4.38. The van der Waals surface area contributed by atoms with Crippen molar-refractivity contribution in [2.24, 2.45) is 0 Å². The molecule has 0 radical (unpaired) electrons. The normalized spacial score (nSPS) is 18.6. The predicted octanol–water partition coefficient (Wildman–Crippen LogP) is 2.09. The second-order valence-electron chi connectivity index (χ2n) is 7.34. The average Bonchev–Trinajstić information content (AvgIpc) is 2.84. The summed E-state index contributed by atoms with van der Waals surface area (Å²) in [4.78, 5) is 4.80. The van der Waals surface area contributed by atoms with E-state index in [-0.39, 0.29) is 5.54 Å². The summed E-state index contributed by atoms with van der Waals surface area (Å²) in [6.45, 7) is 10.4. The minimum absolute atomic E-state index is 0.101. The van der Waals surface area contributed by atoms with Gasteiger partial charge in [0.15, 0.2) is 5.76 Å². The number of hydrogen-bond donors (Lipinski definition) is 1. The fraction of sp³-hybridized carbons (Fsp3) is 0.812. The quantitative estimate of drug-likeness (QED) is 0.901. The van der Waals surface area contributed by atoms with Crippen molar-refractivity contribution in [2.75, 3.05) is 27.2 Å². The van der Waals surface area contributed by atoms with Gasteiger partial charge < -0.3 is 14.7 Å². The van der Waals surface area contributed by atoms with Crippen LogP contribution in [-0.2, 0) is 13.1 Å². The van der Waals surface area contributed by atoms with Gasteiger partial charge in [-0.05, 0) is 60.8 Å². The lowest BCUT2D eigenvalue weighted by molar-refractivity contribution is 0.130. The van der Waals surface area contributed by atoms with Crippen molar-refractivity contribution in [1.82, 2.24) is 20.3 Å². The molecule has 1 aromatic heterocycles. The van der Waals surface area contributed by atoms with E-state index in [9.17, 15) is 0 Å². The van der Waals surface area contributed by atoms with Crippen molar-refractivity contribution < 1.29 is 4.52 Å². The molecule has 21 heavy (non-hydrogen) atoms. The van der Waals surface area contributed by atoms with Gasteiger partial charge in [0.1, 0.15) is 0 Å². The van der Waals surface area contributed by atoms with Crippen LogP contribution in [0.4, 0.5) is 0 Å². The lowest BCUT2D eigenvalue weighted by Crippen LogP contribution is -2.41. The van der Waals surface area contributed by atoms with E-state index in [0.29, 0.717) is 6.04 Å². The van der Waals surface area contributed by atoms with Gasteiger partial charge >= 0.3 is 0 Å². The van der Waals surface area contributed by atoms with Crippen LogP contribution < -0.4 is 5.32 Å². The van der Waals surface area contributed by atoms with Gasteiger partial charge in [0.2, 0.25) is 0 Å². The fourth-order valence-corrected chi connectivity index (χ4v) is 2.68. The van der Waals surface area contributed by atoms with Gasteiger partial charge in [-0.25, -0.2) is 0 Å². The van der Waals surface area contributed by atoms with Crippen LogP contribution in [0.25, 0.3) is 0 Å². The van der Waals surface area contributed by atoms with Crippen molar-refractivity contribution in [1.29, 1.82) is 0 Å². The molecule has 0 bridgehead atoms. The summed E-state index contributed by atoms with van der Waals surface area (Å²) in [5, 5.41) is 7.59. The molecule has 0 spiro atoms. The molecule has 1 aliphatic rings. The van der Waals surface area contributed by atoms with Gasteiger partial charge in [0.25, 0.3) is 0 Å². The Kier molecular flexibility index (Phi) is 5.41. The second-order valence-corrected chi connectivity index (χ2v) is 7.34. The number of nitrogens with zero attached hydrogens (tertiary/aromatic N) is 3. The average molecular weight is 294 g/mol. The molecule has 0 aromatic carbocycles. The Hall–Kier alpha value is -0.910. The Labute approximate surface area is 128 Å². The number of hydrogen-bond acceptors (Lipinski definition) is 5. The summed E-state index contributed by atoms with van der Waals surface area (Å²) >= 11 is 0. The van der Waals surface area contributed by atoms with Gasteiger partial charge in [-0.1, -0.05) is 5.16 Å². The Balaban J connectivity index is 1.81. The molecule has 1 aromatic rings. The number of rotatable bonds is 5. The molecule has 0 aliphatic carbocycles. The van der Waals surface area contributed by atoms with Crippen LogP contribution in [0, 0.1) is 0 Å². The molecule has 5 heteroatoms. The number of piperidine rings is 1. The van der Waals surface area contributed by atoms with Crippen LogP contribution in [0.2, 0.25) is 0 Å². The highest BCUT2D eigenvalue weighted by atomic mass is 16.5. The summed E-state index contributed by atoms with van der Waals surface area (Å²) in [6.07, 6.45) is 2.47. The first-order valence-electron chi connectivity index (χ1n) is 7.92. The molecule has 1 fully saturated rings. The van der Waals surface area contributed by atoms with Crippen LogP contribution >= 0.6 is 0 Å². The van der Waals surface area contributed by atoms with Crippen LogP contribution in [0.5, 0.6) is 0 Å². The largest absolute Gasteiger partial charge is 0.360 e. The van der Waals surface area contributed by atoms with Gasteiger partial charge in [-0.15, -0.1) is 0 Å². The van der Waals surface area contributed by atoms with Crippen LogP contribution in [0.15, 0.2) is 10.6 Å². The molecule has 2 rings (SSSR count). The first kappa shape index (κ1) is 16.5. The Morgan fingerprint density at radius 2 is 2.05 bits per heavy atom. The number of nitrogens with one attached hydrogen (secondary N) is 1. The maximum atomic E-state index is 5.47. The van der Waals surface area contributed by atoms with Crippen molar-refractivity contribution >= 4 is 0 Å². The number of likely N-dealkylation sites (tertiary alicyclic amines) is 1. The monoisotopic (exact) mass is 294 g/mol. The standard InChI is InChI=1S/C16H30N4O/c1-16(2,3)17-11-13-10-15(21-18-13)12-20(5)14-6-8-19(4)9-7-14/h10,14,17H,6-9,11-12H2,1-5H3. The van der Waals surface area contributed by atoms with Gasteiger partial charge in [0, 0.05) is 24.2 Å². The molecule has 5 nitrogen and oxygen atoms in total. The van der Waals surface area contributed by atoms with Crippen molar-refractivity contribution in [3.8, 4) is 0 Å². The molecule has 1 N–H and O–H groups in total. The zero-order valence-electron chi connectivity index (χ0n) is 14.1. The van der Waals surface area contributed by atoms with Gasteiger partial charge in [-0.3, -0.25) is 4.90 Å². The highest BCUT2D eigenvalue weighted by molar-refractivity contribution is 5.05. The van der Waals surface area contributed by atoms with Crippen molar-refractivity contribution in [3.05, 3.63) is 17.5 Å². The Morgan fingerprint density at radius 3 is 2.67 bits per heavy atom. The Bertz CT molecular complexity index is 430. The lowest BCUT2D eigenvalue weighted by atomic mass is 10.0. The summed E-state index contributed by atoms with van der Waals surface area (Å²) in [6, 6.07) is 2.73. The predicted molar refractivity (Wildman–Crippen MR) is 85.1 cm³/mol. The highest BCUT2D eigenvalue weighted by Crippen LogP contribution is 2.17. The minimum atomic E-state index is 0.101. The Morgan fingerprint density at radius 1 is 1.38 bits per heavy atom. The van der Waals surface area contributed by atoms with Gasteiger partial charge in [0.05, 0.1) is 12.2 Å². The van der Waals surface area contributed by atoms with E-state index in [1.165, 1.54) is 25.9 Å². The van der Waals surface area contributed by atoms with Crippen LogP contribution in [0.1, 0.15) is 45.1 Å². The van der Waals surface area contributed by atoms with E-state index in [1.807, 2.05) is 0 Å². The molecule has 0 amide bonds. The van der Waals surface area contributed by atoms with Crippen molar-refractivity contribution in [3.63, 3.8) is 0 Å². The first-order valence-corrected chi connectivity index (χ1v) is 7.92. The molecule has 0 saturated carbocycles. The zero-order chi connectivity index (χ0) is 15.5. The van der Waals surface area contributed by atoms with Gasteiger partial charge in [-0.2, -0.15) is 0 Å². The molecule has 0 atom stereocenters. The molecule has 120 valence electrons. The maximum absolute atomic E-state index is 5.47. The number of aromatic nitrogens is 1. The van der Waals surface area contributed by atoms with Crippen LogP contribution in [0.3, 0.4) is 0 Å². The third-order valence-electron chi connectivity index (χ3n) is 4.12. The van der Waals surface area contributed by atoms with E-state index in [0.717, 1.165) is 24.5 Å². The van der Waals surface area contributed by atoms with E-state index in [2.05, 4.69) is 61.2 Å². The third-order valence-corrected chi connectivity index (χ3v) is 4.12. The van der Waals surface area contributed by atoms with E-state index in [1.54, 1.807) is 0 Å². The molecule has 0 unspecified atom stereocenters. The first-order chi connectivity index (χ1) is 9.83. The summed E-state index contributed by atoms with van der Waals surface area (Å²) in [5.41, 5.74) is 1.08. The second kappa shape index (κ2) is 6.90. The maximum Gasteiger partial charge on any atom is 0.151 e. The molecule has 2 heterocycles. The molecule has 1 aliphatic heterocycles. The highest BCUT2D eigenvalue weighted by Gasteiger charge is 2.21. The minimum Gasteiger partial charge on any atom is -0.360 e. The van der Waals surface area contributed by atoms with E-state index >= 15 is 0 Å².